The molecule has 0 saturated carbocycles. The van der Waals surface area contributed by atoms with Gasteiger partial charge in [-0.05, 0) is 62.5 Å². The van der Waals surface area contributed by atoms with Crippen LogP contribution in [0.4, 0.5) is 10.5 Å². The Bertz CT molecular complexity index is 1790. The van der Waals surface area contributed by atoms with Crippen LogP contribution in [0.25, 0.3) is 5.65 Å². The number of nitrogens with one attached hydrogen (secondary N) is 2. The molecule has 3 atom stereocenters. The van der Waals surface area contributed by atoms with E-state index in [-0.39, 0.29) is 36.0 Å². The van der Waals surface area contributed by atoms with Gasteiger partial charge < -0.3 is 20.9 Å². The number of aliphatic hydroxyl groups excluding tert-OH is 1. The molecule has 1 unspecified atom stereocenters. The highest BCUT2D eigenvalue weighted by molar-refractivity contribution is 6.05. The number of hydrogen-bond donors (Lipinski definition) is 4. The molecule has 1 fully saturated rings. The molecule has 3 aromatic heterocycles. The van der Waals surface area contributed by atoms with Crippen molar-refractivity contribution in [2.75, 3.05) is 20.2 Å². The molecule has 0 spiro atoms. The Labute approximate surface area is 274 Å². The van der Waals surface area contributed by atoms with Crippen LogP contribution in [0.3, 0.4) is 0 Å². The van der Waals surface area contributed by atoms with Crippen molar-refractivity contribution < 1.29 is 14.6 Å². The molecule has 1 aliphatic heterocycles. The second-order valence-corrected chi connectivity index (χ2v) is 13.3. The maximum absolute atomic E-state index is 13.4. The van der Waals surface area contributed by atoms with Gasteiger partial charge in [-0.3, -0.25) is 19.3 Å². The van der Waals surface area contributed by atoms with Crippen molar-refractivity contribution in [2.24, 2.45) is 16.1 Å². The molecule has 4 aromatic rings. The van der Waals surface area contributed by atoms with E-state index in [2.05, 4.69) is 48.9 Å². The molecule has 2 amide bonds. The van der Waals surface area contributed by atoms with Gasteiger partial charge in [-0.1, -0.05) is 45.0 Å². The van der Waals surface area contributed by atoms with Gasteiger partial charge in [-0.15, -0.1) is 10.2 Å². The number of nitrogens with two attached hydrogens (primary N) is 1. The molecule has 4 heterocycles. The highest BCUT2D eigenvalue weighted by Crippen LogP contribution is 2.39. The van der Waals surface area contributed by atoms with Crippen LogP contribution in [-0.4, -0.2) is 66.5 Å². The fourth-order valence-electron chi connectivity index (χ4n) is 6.15. The number of carbonyl (C=O) groups is 1. The van der Waals surface area contributed by atoms with E-state index in [0.29, 0.717) is 30.8 Å². The number of amides is 2. The molecule has 1 aromatic carbocycles. The number of benzene rings is 1. The molecule has 5 N–H and O–H groups in total. The van der Waals surface area contributed by atoms with Crippen LogP contribution in [0.1, 0.15) is 81.6 Å². The average molecular weight is 641 g/mol. The summed E-state index contributed by atoms with van der Waals surface area (Å²) in [5.74, 6) is 1.97. The number of hydrogen-bond acceptors (Lipinski definition) is 9. The zero-order chi connectivity index (χ0) is 33.1. The van der Waals surface area contributed by atoms with Crippen molar-refractivity contribution in [1.29, 1.82) is 0 Å². The highest BCUT2D eigenvalue weighted by atomic mass is 16.5. The molecule has 2 aliphatic rings. The van der Waals surface area contributed by atoms with E-state index >= 15 is 0 Å². The number of amidine groups is 1. The minimum Gasteiger partial charge on any atom is -0.484 e. The van der Waals surface area contributed by atoms with Crippen molar-refractivity contribution in [3.63, 3.8) is 0 Å². The number of likely N-dealkylation sites (tertiary alicyclic amines) is 1. The van der Waals surface area contributed by atoms with Gasteiger partial charge in [0.1, 0.15) is 23.4 Å². The molecule has 13 heteroatoms. The molecule has 6 rings (SSSR count). The fourth-order valence-corrected chi connectivity index (χ4v) is 6.15. The third kappa shape index (κ3) is 7.31. The molecule has 13 nitrogen and oxygen atoms in total. The summed E-state index contributed by atoms with van der Waals surface area (Å²) in [6.07, 6.45) is 10.3. The van der Waals surface area contributed by atoms with Crippen molar-refractivity contribution >= 4 is 23.2 Å². The number of nitrogens with zero attached hydrogens (tertiary/aromatic N) is 7. The lowest BCUT2D eigenvalue weighted by atomic mass is 9.85. The van der Waals surface area contributed by atoms with Gasteiger partial charge in [0.15, 0.2) is 11.5 Å². The van der Waals surface area contributed by atoms with Crippen LogP contribution < -0.4 is 21.1 Å². The Kier molecular flexibility index (Phi) is 9.28. The van der Waals surface area contributed by atoms with Crippen LogP contribution in [0.2, 0.25) is 0 Å². The monoisotopic (exact) mass is 640 g/mol. The summed E-state index contributed by atoms with van der Waals surface area (Å²) >= 11 is 0. The minimum absolute atomic E-state index is 0.0412. The van der Waals surface area contributed by atoms with Crippen LogP contribution in [-0.2, 0) is 6.54 Å². The summed E-state index contributed by atoms with van der Waals surface area (Å²) in [6.45, 7) is 7.33. The summed E-state index contributed by atoms with van der Waals surface area (Å²) in [4.78, 5) is 20.3. The number of aliphatic hydroxyl groups is 1. The molecule has 248 valence electrons. The third-order valence-corrected chi connectivity index (χ3v) is 8.84. The lowest BCUT2D eigenvalue weighted by molar-refractivity contribution is 0.171. The lowest BCUT2D eigenvalue weighted by Gasteiger charge is -2.32. The standard InChI is InChI=1S/C34H44N10O3/c1-34(2,3)29(35)18-30(37-22-19-36-43(20-22)16-17-45)39-33(46)38-26-12-13-28(25-9-6-5-8-24(25)26)47-23-11-14-31-40-41-32(44(31)21-23)27-10-7-15-42(27)4/h5-6,8-9,11,14,18-21,26-28,45H,7,10,12-13,15-17,35H2,1-4H3,(H2,37,38,39,46)/t26-,27-,28?/m0/s1. The van der Waals surface area contributed by atoms with E-state index in [1.54, 1.807) is 23.2 Å². The maximum Gasteiger partial charge on any atom is 0.320 e. The number of urea groups is 1. The Morgan fingerprint density at radius 2 is 1.94 bits per heavy atom. The van der Waals surface area contributed by atoms with Crippen molar-refractivity contribution in [3.8, 4) is 5.75 Å². The van der Waals surface area contributed by atoms with E-state index < -0.39 is 6.03 Å². The first-order valence-electron chi connectivity index (χ1n) is 16.2. The molecule has 0 radical (unpaired) electrons. The molecule has 47 heavy (non-hydrogen) atoms. The lowest BCUT2D eigenvalue weighted by Crippen LogP contribution is -2.42. The van der Waals surface area contributed by atoms with Gasteiger partial charge in [0, 0.05) is 17.2 Å². The van der Waals surface area contributed by atoms with Gasteiger partial charge in [0.25, 0.3) is 0 Å². The van der Waals surface area contributed by atoms with Gasteiger partial charge >= 0.3 is 6.03 Å². The number of aliphatic imine (C=N–C) groups is 1. The summed E-state index contributed by atoms with van der Waals surface area (Å²) in [5, 5.41) is 28.4. The number of pyridine rings is 1. The molecular formula is C34H44N10O3. The van der Waals surface area contributed by atoms with Gasteiger partial charge in [-0.25, -0.2) is 9.79 Å². The number of aromatic nitrogens is 5. The Morgan fingerprint density at radius 3 is 2.68 bits per heavy atom. The summed E-state index contributed by atoms with van der Waals surface area (Å²) < 4.78 is 10.2. The number of allylic oxidation sites excluding steroid dienone is 1. The summed E-state index contributed by atoms with van der Waals surface area (Å²) in [6, 6.07) is 11.6. The van der Waals surface area contributed by atoms with Crippen molar-refractivity contribution in [1.82, 2.24) is 39.9 Å². The van der Waals surface area contributed by atoms with Gasteiger partial charge in [-0.2, -0.15) is 5.10 Å². The third-order valence-electron chi connectivity index (χ3n) is 8.84. The van der Waals surface area contributed by atoms with Crippen LogP contribution >= 0.6 is 0 Å². The largest absolute Gasteiger partial charge is 0.484 e. The van der Waals surface area contributed by atoms with Crippen LogP contribution in [0, 0.1) is 5.41 Å². The SMILES string of the molecule is CN1CCC[C@H]1c1nnc2ccc(OC3CC[C@H](NC(=O)NC(C=C(N)C(C)(C)C)=Nc4cnn(CCO)c4)c4ccccc43)cn12. The van der Waals surface area contributed by atoms with Crippen LogP contribution in [0.5, 0.6) is 5.75 Å². The molecule has 0 bridgehead atoms. The second-order valence-electron chi connectivity index (χ2n) is 13.3. The zero-order valence-electron chi connectivity index (χ0n) is 27.4. The van der Waals surface area contributed by atoms with E-state index in [0.717, 1.165) is 47.7 Å². The Balaban J connectivity index is 1.18. The van der Waals surface area contributed by atoms with Crippen molar-refractivity contribution in [3.05, 3.63) is 83.7 Å². The highest BCUT2D eigenvalue weighted by Gasteiger charge is 2.31. The summed E-state index contributed by atoms with van der Waals surface area (Å²) in [7, 11) is 2.13. The maximum atomic E-state index is 13.4. The van der Waals surface area contributed by atoms with Crippen LogP contribution in [0.15, 0.2) is 71.8 Å². The predicted molar refractivity (Wildman–Crippen MR) is 179 cm³/mol. The number of carbonyl (C=O) groups excluding carboxylic acids is 1. The predicted octanol–water partition coefficient (Wildman–Crippen LogP) is 4.56. The fraction of sp³-hybridized carbons (Fsp3) is 0.441. The minimum atomic E-state index is -0.397. The Hall–Kier alpha value is -4.75. The second kappa shape index (κ2) is 13.5. The van der Waals surface area contributed by atoms with Gasteiger partial charge in [0.2, 0.25) is 0 Å². The average Bonchev–Trinajstić information content (AvgIpc) is 3.77. The van der Waals surface area contributed by atoms with Gasteiger partial charge in [0.05, 0.1) is 43.8 Å². The van der Waals surface area contributed by atoms with E-state index in [4.69, 9.17) is 10.5 Å². The molecule has 1 aliphatic carbocycles. The number of fused-ring (bicyclic) bond motifs is 2. The first-order chi connectivity index (χ1) is 22.6. The number of rotatable bonds is 8. The smallest absolute Gasteiger partial charge is 0.320 e. The first-order valence-corrected chi connectivity index (χ1v) is 16.2. The van der Waals surface area contributed by atoms with E-state index in [1.165, 1.54) is 0 Å². The summed E-state index contributed by atoms with van der Waals surface area (Å²) in [5.41, 5.74) is 9.96. The van der Waals surface area contributed by atoms with E-state index in [1.807, 2.05) is 61.7 Å². The normalized spacial score (nSPS) is 20.7. The molecular weight excluding hydrogens is 596 g/mol. The Morgan fingerprint density at radius 1 is 1.13 bits per heavy atom. The quantitative estimate of drug-likeness (QED) is 0.161. The topological polar surface area (TPSA) is 160 Å². The molecule has 1 saturated heterocycles. The van der Waals surface area contributed by atoms with E-state index in [9.17, 15) is 9.90 Å². The first kappa shape index (κ1) is 32.2. The zero-order valence-corrected chi connectivity index (χ0v) is 27.4. The number of ether oxygens (including phenoxy) is 1. The van der Waals surface area contributed by atoms with Crippen molar-refractivity contribution in [2.45, 2.75) is 71.2 Å².